The summed E-state index contributed by atoms with van der Waals surface area (Å²) in [6.45, 7) is 5.24. The number of piperidine rings is 1. The van der Waals surface area contributed by atoms with Crippen molar-refractivity contribution in [2.45, 2.75) is 25.5 Å². The molecule has 2 aromatic carbocycles. The lowest BCUT2D eigenvalue weighted by molar-refractivity contribution is 0.142. The van der Waals surface area contributed by atoms with Crippen LogP contribution in [0.1, 0.15) is 18.4 Å². The third-order valence-electron chi connectivity index (χ3n) is 5.81. The minimum Gasteiger partial charge on any atom is -0.489 e. The van der Waals surface area contributed by atoms with Gasteiger partial charge in [-0.25, -0.2) is 13.6 Å². The molecule has 0 aromatic heterocycles. The van der Waals surface area contributed by atoms with Gasteiger partial charge in [-0.3, -0.25) is 4.90 Å². The quantitative estimate of drug-likeness (QED) is 0.635. The van der Waals surface area contributed by atoms with Gasteiger partial charge in [0.05, 0.1) is 10.2 Å². The lowest BCUT2D eigenvalue weighted by Gasteiger charge is -2.34. The Balaban J connectivity index is 1.26. The smallest absolute Gasteiger partial charge is 0.322 e. The van der Waals surface area contributed by atoms with Gasteiger partial charge in [0.2, 0.25) is 0 Å². The van der Waals surface area contributed by atoms with Gasteiger partial charge in [0, 0.05) is 38.8 Å². The van der Waals surface area contributed by atoms with Crippen molar-refractivity contribution in [3.63, 3.8) is 0 Å². The fraction of sp³-hybridized carbons (Fsp3) is 0.435. The monoisotopic (exact) mass is 508 g/mol. The number of hydrogen-bond donors (Lipinski definition) is 2. The van der Waals surface area contributed by atoms with Crippen molar-refractivity contribution in [3.8, 4) is 5.75 Å². The van der Waals surface area contributed by atoms with E-state index in [1.165, 1.54) is 11.6 Å². The molecule has 2 heterocycles. The minimum atomic E-state index is -0.782. The number of piperazine rings is 1. The maximum absolute atomic E-state index is 13.8. The molecule has 9 heteroatoms. The van der Waals surface area contributed by atoms with E-state index in [-0.39, 0.29) is 17.8 Å². The van der Waals surface area contributed by atoms with Gasteiger partial charge in [-0.05, 0) is 71.7 Å². The molecule has 0 aliphatic carbocycles. The zero-order valence-corrected chi connectivity index (χ0v) is 19.3. The summed E-state index contributed by atoms with van der Waals surface area (Å²) in [6, 6.07) is 8.92. The topological polar surface area (TPSA) is 56.8 Å². The molecule has 2 aliphatic heterocycles. The number of carbonyl (C=O) groups excluding carboxylic acids is 1. The molecule has 2 saturated heterocycles. The summed E-state index contributed by atoms with van der Waals surface area (Å²) in [7, 11) is 0. The highest BCUT2D eigenvalue weighted by atomic mass is 79.9. The fourth-order valence-corrected chi connectivity index (χ4v) is 4.50. The van der Waals surface area contributed by atoms with Crippen LogP contribution in [0.15, 0.2) is 40.9 Å². The second-order valence-electron chi connectivity index (χ2n) is 8.15. The second-order valence-corrected chi connectivity index (χ2v) is 9.00. The highest BCUT2D eigenvalue weighted by molar-refractivity contribution is 9.10. The molecule has 0 spiro atoms. The van der Waals surface area contributed by atoms with Crippen molar-refractivity contribution in [2.75, 3.05) is 44.6 Å². The predicted octanol–water partition coefficient (Wildman–Crippen LogP) is 4.21. The molecule has 2 N–H and O–H groups in total. The van der Waals surface area contributed by atoms with E-state index in [4.69, 9.17) is 4.74 Å². The highest BCUT2D eigenvalue weighted by Crippen LogP contribution is 2.29. The van der Waals surface area contributed by atoms with Gasteiger partial charge in [0.25, 0.3) is 0 Å². The maximum atomic E-state index is 13.8. The van der Waals surface area contributed by atoms with E-state index in [9.17, 15) is 13.6 Å². The summed E-state index contributed by atoms with van der Waals surface area (Å²) >= 11 is 3.63. The number of benzene rings is 2. The molecule has 4 rings (SSSR count). The summed E-state index contributed by atoms with van der Waals surface area (Å²) in [5.41, 5.74) is 1.15. The Kier molecular flexibility index (Phi) is 7.59. The zero-order chi connectivity index (χ0) is 22.5. The first-order valence-corrected chi connectivity index (χ1v) is 11.7. The summed E-state index contributed by atoms with van der Waals surface area (Å²) < 4.78 is 33.9. The highest BCUT2D eigenvalue weighted by Gasteiger charge is 2.22. The van der Waals surface area contributed by atoms with Crippen molar-refractivity contribution in [3.05, 3.63) is 58.1 Å². The number of rotatable bonds is 5. The maximum Gasteiger partial charge on any atom is 0.322 e. The van der Waals surface area contributed by atoms with Crippen LogP contribution in [0.25, 0.3) is 0 Å². The average molecular weight is 509 g/mol. The van der Waals surface area contributed by atoms with E-state index in [1.54, 1.807) is 4.90 Å². The van der Waals surface area contributed by atoms with E-state index >= 15 is 0 Å². The number of nitrogens with one attached hydrogen (secondary N) is 2. The molecular formula is C23H27BrF2N4O2. The Morgan fingerprint density at radius 1 is 1.09 bits per heavy atom. The van der Waals surface area contributed by atoms with Crippen LogP contribution < -0.4 is 15.4 Å². The number of hydrogen-bond acceptors (Lipinski definition) is 4. The number of nitrogens with zero attached hydrogens (tertiary/aromatic N) is 2. The predicted molar refractivity (Wildman–Crippen MR) is 123 cm³/mol. The molecule has 2 aromatic rings. The molecule has 172 valence electrons. The number of amides is 2. The van der Waals surface area contributed by atoms with Crippen LogP contribution in [0.2, 0.25) is 0 Å². The molecule has 0 unspecified atom stereocenters. The second kappa shape index (κ2) is 10.6. The van der Waals surface area contributed by atoms with E-state index in [1.807, 2.05) is 6.07 Å². The summed E-state index contributed by atoms with van der Waals surface area (Å²) in [4.78, 5) is 16.3. The van der Waals surface area contributed by atoms with Crippen LogP contribution in [0.5, 0.6) is 5.75 Å². The molecule has 2 fully saturated rings. The summed E-state index contributed by atoms with van der Waals surface area (Å²) in [5, 5.41) is 5.86. The Hall–Kier alpha value is -2.23. The van der Waals surface area contributed by atoms with Gasteiger partial charge < -0.3 is 20.3 Å². The summed E-state index contributed by atoms with van der Waals surface area (Å²) in [6.07, 6.45) is 2.28. The van der Waals surface area contributed by atoms with Crippen molar-refractivity contribution >= 4 is 27.6 Å². The van der Waals surface area contributed by atoms with Gasteiger partial charge in [-0.1, -0.05) is 6.07 Å². The Morgan fingerprint density at radius 3 is 2.53 bits per heavy atom. The molecule has 6 nitrogen and oxygen atoms in total. The number of halogens is 3. The first-order valence-electron chi connectivity index (χ1n) is 10.9. The lowest BCUT2D eigenvalue weighted by Crippen LogP contribution is -2.49. The van der Waals surface area contributed by atoms with Gasteiger partial charge in [-0.2, -0.15) is 0 Å². The van der Waals surface area contributed by atoms with Crippen LogP contribution in [0, 0.1) is 11.6 Å². The van der Waals surface area contributed by atoms with Crippen molar-refractivity contribution in [1.29, 1.82) is 0 Å². The normalized spacial score (nSPS) is 17.9. The molecule has 0 bridgehead atoms. The number of carbonyl (C=O) groups is 1. The van der Waals surface area contributed by atoms with Crippen molar-refractivity contribution < 1.29 is 18.3 Å². The van der Waals surface area contributed by atoms with Crippen LogP contribution in [0.4, 0.5) is 19.3 Å². The molecule has 0 saturated carbocycles. The van der Waals surface area contributed by atoms with Crippen molar-refractivity contribution in [1.82, 2.24) is 15.1 Å². The molecule has 32 heavy (non-hydrogen) atoms. The van der Waals surface area contributed by atoms with Crippen molar-refractivity contribution in [2.24, 2.45) is 0 Å². The molecule has 0 atom stereocenters. The number of urea groups is 1. The SMILES string of the molecule is O=C(Nc1ccc(F)cc1F)N1CCN(Cc2ccc(OC3CCNCC3)c(Br)c2)CC1. The first kappa shape index (κ1) is 22.9. The number of anilines is 1. The van der Waals surface area contributed by atoms with Crippen LogP contribution in [-0.2, 0) is 6.54 Å². The molecule has 2 aliphatic rings. The Morgan fingerprint density at radius 2 is 1.84 bits per heavy atom. The average Bonchev–Trinajstić information content (AvgIpc) is 2.79. The zero-order valence-electron chi connectivity index (χ0n) is 17.8. The van der Waals surface area contributed by atoms with Crippen LogP contribution in [-0.4, -0.2) is 61.2 Å². The standard InChI is InChI=1S/C23H27BrF2N4O2/c24-19-13-16(1-4-22(19)32-18-5-7-27-8-6-18)15-29-9-11-30(12-10-29)23(31)28-21-3-2-17(25)14-20(21)26/h1-4,13-14,18,27H,5-12,15H2,(H,28,31). The lowest BCUT2D eigenvalue weighted by atomic mass is 10.1. The third-order valence-corrected chi connectivity index (χ3v) is 6.43. The van der Waals surface area contributed by atoms with E-state index in [0.29, 0.717) is 26.2 Å². The Bertz CT molecular complexity index is 948. The van der Waals surface area contributed by atoms with E-state index in [0.717, 1.165) is 54.8 Å². The van der Waals surface area contributed by atoms with Gasteiger partial charge in [0.15, 0.2) is 0 Å². The van der Waals surface area contributed by atoms with Crippen LogP contribution in [0.3, 0.4) is 0 Å². The van der Waals surface area contributed by atoms with Crippen LogP contribution >= 0.6 is 15.9 Å². The third kappa shape index (κ3) is 5.96. The fourth-order valence-electron chi connectivity index (χ4n) is 3.98. The Labute approximate surface area is 195 Å². The van der Waals surface area contributed by atoms with E-state index in [2.05, 4.69) is 43.6 Å². The van der Waals surface area contributed by atoms with Gasteiger partial charge in [-0.15, -0.1) is 0 Å². The minimum absolute atomic E-state index is 0.0181. The first-order chi connectivity index (χ1) is 15.5. The van der Waals surface area contributed by atoms with Gasteiger partial charge >= 0.3 is 6.03 Å². The molecule has 2 amide bonds. The van der Waals surface area contributed by atoms with E-state index < -0.39 is 11.6 Å². The van der Waals surface area contributed by atoms with Gasteiger partial charge in [0.1, 0.15) is 23.5 Å². The summed E-state index contributed by atoms with van der Waals surface area (Å²) in [5.74, 6) is -0.586. The molecular weight excluding hydrogens is 482 g/mol. The number of ether oxygens (including phenoxy) is 1. The molecule has 0 radical (unpaired) electrons. The largest absolute Gasteiger partial charge is 0.489 e.